The standard InChI is InChI=1S/C22H28ClFN2O2/c1-17-19(8-9-22(23)25-17)20-7-6-18(16-21(20)28-15-10-24)27-14-5-13-26-11-3-2-4-12-26/h6-9,16H,2-5,10-15H2,1H3. The van der Waals surface area contributed by atoms with Gasteiger partial charge < -0.3 is 14.4 Å². The molecule has 28 heavy (non-hydrogen) atoms. The van der Waals surface area contributed by atoms with E-state index in [2.05, 4.69) is 9.88 Å². The second kappa shape index (κ2) is 10.6. The van der Waals surface area contributed by atoms with Crippen molar-refractivity contribution in [2.24, 2.45) is 0 Å². The Labute approximate surface area is 171 Å². The highest BCUT2D eigenvalue weighted by Gasteiger charge is 2.13. The van der Waals surface area contributed by atoms with E-state index in [9.17, 15) is 4.39 Å². The summed E-state index contributed by atoms with van der Waals surface area (Å²) in [6.45, 7) is 5.47. The van der Waals surface area contributed by atoms with Crippen molar-refractivity contribution in [2.75, 3.05) is 39.5 Å². The highest BCUT2D eigenvalue weighted by Crippen LogP contribution is 2.35. The minimum absolute atomic E-state index is 0.00544. The fourth-order valence-corrected chi connectivity index (χ4v) is 3.75. The SMILES string of the molecule is Cc1nc(Cl)ccc1-c1ccc(OCCCN2CCCCC2)cc1OCCF. The molecule has 1 saturated heterocycles. The van der Waals surface area contributed by atoms with Crippen molar-refractivity contribution in [1.82, 2.24) is 9.88 Å². The van der Waals surface area contributed by atoms with Crippen molar-refractivity contribution >= 4 is 11.6 Å². The monoisotopic (exact) mass is 406 g/mol. The van der Waals surface area contributed by atoms with Crippen LogP contribution in [0.15, 0.2) is 30.3 Å². The van der Waals surface area contributed by atoms with Gasteiger partial charge in [0.15, 0.2) is 0 Å². The molecule has 4 nitrogen and oxygen atoms in total. The minimum atomic E-state index is -0.543. The van der Waals surface area contributed by atoms with Gasteiger partial charge in [-0.1, -0.05) is 18.0 Å². The molecule has 0 unspecified atom stereocenters. The number of piperidine rings is 1. The number of nitrogens with zero attached hydrogens (tertiary/aromatic N) is 2. The Morgan fingerprint density at radius 3 is 2.57 bits per heavy atom. The van der Waals surface area contributed by atoms with E-state index in [0.717, 1.165) is 35.5 Å². The van der Waals surface area contributed by atoms with Gasteiger partial charge in [-0.25, -0.2) is 9.37 Å². The van der Waals surface area contributed by atoms with Crippen LogP contribution in [0.1, 0.15) is 31.4 Å². The molecule has 0 N–H and O–H groups in total. The van der Waals surface area contributed by atoms with Gasteiger partial charge in [0.2, 0.25) is 0 Å². The number of benzene rings is 1. The van der Waals surface area contributed by atoms with Crippen molar-refractivity contribution < 1.29 is 13.9 Å². The van der Waals surface area contributed by atoms with Gasteiger partial charge in [0, 0.05) is 29.4 Å². The molecular weight excluding hydrogens is 379 g/mol. The minimum Gasteiger partial charge on any atom is -0.493 e. The quantitative estimate of drug-likeness (QED) is 0.417. The first-order chi connectivity index (χ1) is 13.7. The molecule has 0 amide bonds. The molecule has 0 spiro atoms. The Morgan fingerprint density at radius 2 is 1.82 bits per heavy atom. The van der Waals surface area contributed by atoms with E-state index in [0.29, 0.717) is 17.5 Å². The van der Waals surface area contributed by atoms with Gasteiger partial charge >= 0.3 is 0 Å². The van der Waals surface area contributed by atoms with Crippen LogP contribution in [-0.2, 0) is 0 Å². The lowest BCUT2D eigenvalue weighted by Crippen LogP contribution is -2.31. The second-order valence-corrected chi connectivity index (χ2v) is 7.45. The maximum absolute atomic E-state index is 12.7. The molecule has 6 heteroatoms. The summed E-state index contributed by atoms with van der Waals surface area (Å²) in [5.74, 6) is 1.33. The number of aromatic nitrogens is 1. The van der Waals surface area contributed by atoms with Crippen molar-refractivity contribution in [3.8, 4) is 22.6 Å². The average molecular weight is 407 g/mol. The number of alkyl halides is 1. The second-order valence-electron chi connectivity index (χ2n) is 7.07. The average Bonchev–Trinajstić information content (AvgIpc) is 2.71. The number of rotatable bonds is 9. The van der Waals surface area contributed by atoms with E-state index in [1.165, 1.54) is 32.4 Å². The molecule has 2 heterocycles. The third kappa shape index (κ3) is 5.82. The zero-order chi connectivity index (χ0) is 19.8. The van der Waals surface area contributed by atoms with Crippen molar-refractivity contribution in [3.05, 3.63) is 41.2 Å². The van der Waals surface area contributed by atoms with Crippen LogP contribution in [0, 0.1) is 6.92 Å². The Balaban J connectivity index is 1.65. The van der Waals surface area contributed by atoms with Crippen LogP contribution in [0.2, 0.25) is 5.15 Å². The van der Waals surface area contributed by atoms with Gasteiger partial charge in [0.1, 0.15) is 29.9 Å². The smallest absolute Gasteiger partial charge is 0.131 e. The lowest BCUT2D eigenvalue weighted by atomic mass is 10.0. The van der Waals surface area contributed by atoms with Crippen LogP contribution in [0.5, 0.6) is 11.5 Å². The molecule has 2 aromatic rings. The van der Waals surface area contributed by atoms with Gasteiger partial charge in [-0.2, -0.15) is 0 Å². The highest BCUT2D eigenvalue weighted by molar-refractivity contribution is 6.29. The van der Waals surface area contributed by atoms with E-state index in [1.54, 1.807) is 6.07 Å². The molecule has 1 fully saturated rings. The van der Waals surface area contributed by atoms with Crippen LogP contribution >= 0.6 is 11.6 Å². The maximum atomic E-state index is 12.7. The normalized spacial score (nSPS) is 14.8. The fourth-order valence-electron chi connectivity index (χ4n) is 3.56. The summed E-state index contributed by atoms with van der Waals surface area (Å²) < 4.78 is 24.2. The van der Waals surface area contributed by atoms with Gasteiger partial charge in [0.05, 0.1) is 6.61 Å². The first-order valence-corrected chi connectivity index (χ1v) is 10.4. The molecule has 152 valence electrons. The van der Waals surface area contributed by atoms with Crippen molar-refractivity contribution in [1.29, 1.82) is 0 Å². The first kappa shape index (κ1) is 20.9. The maximum Gasteiger partial charge on any atom is 0.131 e. The summed E-state index contributed by atoms with van der Waals surface area (Å²) >= 11 is 5.96. The number of hydrogen-bond donors (Lipinski definition) is 0. The molecule has 0 aliphatic carbocycles. The Hall–Kier alpha value is -1.85. The summed E-state index contributed by atoms with van der Waals surface area (Å²) in [7, 11) is 0. The van der Waals surface area contributed by atoms with Gasteiger partial charge in [-0.05, 0) is 63.5 Å². The van der Waals surface area contributed by atoms with Crippen LogP contribution in [0.3, 0.4) is 0 Å². The number of likely N-dealkylation sites (tertiary alicyclic amines) is 1. The van der Waals surface area contributed by atoms with E-state index >= 15 is 0 Å². The molecule has 0 bridgehead atoms. The zero-order valence-electron chi connectivity index (χ0n) is 16.4. The van der Waals surface area contributed by atoms with Crippen LogP contribution in [-0.4, -0.2) is 49.4 Å². The van der Waals surface area contributed by atoms with Crippen molar-refractivity contribution in [2.45, 2.75) is 32.6 Å². The van der Waals surface area contributed by atoms with Crippen LogP contribution in [0.4, 0.5) is 4.39 Å². The molecule has 1 aliphatic heterocycles. The summed E-state index contributed by atoms with van der Waals surface area (Å²) in [4.78, 5) is 6.80. The molecular formula is C22H28ClFN2O2. The lowest BCUT2D eigenvalue weighted by molar-refractivity contribution is 0.204. The number of pyridine rings is 1. The molecule has 0 saturated carbocycles. The van der Waals surface area contributed by atoms with Crippen LogP contribution in [0.25, 0.3) is 11.1 Å². The Kier molecular flexibility index (Phi) is 7.92. The van der Waals surface area contributed by atoms with Gasteiger partial charge in [-0.3, -0.25) is 0 Å². The number of halogens is 2. The third-order valence-corrected chi connectivity index (χ3v) is 5.18. The summed E-state index contributed by atoms with van der Waals surface area (Å²) in [6, 6.07) is 9.34. The van der Waals surface area contributed by atoms with Gasteiger partial charge in [0.25, 0.3) is 0 Å². The molecule has 1 aromatic carbocycles. The van der Waals surface area contributed by atoms with Crippen LogP contribution < -0.4 is 9.47 Å². The Bertz CT molecular complexity index is 766. The largest absolute Gasteiger partial charge is 0.493 e. The van der Waals surface area contributed by atoms with Gasteiger partial charge in [-0.15, -0.1) is 0 Å². The van der Waals surface area contributed by atoms with E-state index in [4.69, 9.17) is 21.1 Å². The zero-order valence-corrected chi connectivity index (χ0v) is 17.2. The molecule has 3 rings (SSSR count). The number of ether oxygens (including phenoxy) is 2. The summed E-state index contributed by atoms with van der Waals surface area (Å²) in [5.41, 5.74) is 2.57. The number of aryl methyl sites for hydroxylation is 1. The molecule has 0 atom stereocenters. The summed E-state index contributed by atoms with van der Waals surface area (Å²) in [6.07, 6.45) is 4.94. The Morgan fingerprint density at radius 1 is 1.04 bits per heavy atom. The van der Waals surface area contributed by atoms with Crippen molar-refractivity contribution in [3.63, 3.8) is 0 Å². The fraction of sp³-hybridized carbons (Fsp3) is 0.500. The van der Waals surface area contributed by atoms with E-state index in [1.807, 2.05) is 31.2 Å². The molecule has 1 aliphatic rings. The molecule has 1 aromatic heterocycles. The third-order valence-electron chi connectivity index (χ3n) is 4.97. The van der Waals surface area contributed by atoms with E-state index in [-0.39, 0.29) is 6.61 Å². The van der Waals surface area contributed by atoms with E-state index < -0.39 is 6.67 Å². The molecule has 0 radical (unpaired) electrons. The summed E-state index contributed by atoms with van der Waals surface area (Å²) in [5, 5.41) is 0.445. The lowest BCUT2D eigenvalue weighted by Gasteiger charge is -2.26. The topological polar surface area (TPSA) is 34.6 Å². The predicted octanol–water partition coefficient (Wildman–Crippen LogP) is 5.31. The number of hydrogen-bond acceptors (Lipinski definition) is 4. The predicted molar refractivity (Wildman–Crippen MR) is 111 cm³/mol. The highest BCUT2D eigenvalue weighted by atomic mass is 35.5. The first-order valence-electron chi connectivity index (χ1n) is 9.99.